The van der Waals surface area contributed by atoms with Gasteiger partial charge >= 0.3 is 0 Å². The van der Waals surface area contributed by atoms with Gasteiger partial charge in [-0.05, 0) is 88.1 Å². The van der Waals surface area contributed by atoms with Crippen LogP contribution in [0, 0.1) is 41.5 Å². The van der Waals surface area contributed by atoms with Gasteiger partial charge in [0, 0.05) is 23.7 Å². The smallest absolute Gasteiger partial charge is 0.251 e. The molecule has 0 saturated heterocycles. The highest BCUT2D eigenvalue weighted by Crippen LogP contribution is 2.31. The Morgan fingerprint density at radius 1 is 0.724 bits per heavy atom. The maximum atomic E-state index is 5.03. The van der Waals surface area contributed by atoms with E-state index >= 15 is 0 Å². The third-order valence-corrected chi connectivity index (χ3v) is 6.19. The molecule has 0 radical (unpaired) electrons. The highest BCUT2D eigenvalue weighted by atomic mass is 15.1. The first-order valence-corrected chi connectivity index (χ1v) is 10.2. The minimum absolute atomic E-state index is 1.01. The molecule has 2 heterocycles. The minimum atomic E-state index is 1.01. The summed E-state index contributed by atoms with van der Waals surface area (Å²) in [4.78, 5) is 5.03. The van der Waals surface area contributed by atoms with Crippen molar-refractivity contribution >= 4 is 11.0 Å². The van der Waals surface area contributed by atoms with Gasteiger partial charge in [0.25, 0.3) is 5.69 Å². The molecule has 0 unspecified atom stereocenters. The summed E-state index contributed by atoms with van der Waals surface area (Å²) in [7, 11) is 4.28. The number of nitrogens with zero attached hydrogens (tertiary/aromatic N) is 3. The number of benzene rings is 2. The van der Waals surface area contributed by atoms with E-state index in [9.17, 15) is 0 Å². The predicted octanol–water partition coefficient (Wildman–Crippen LogP) is 5.58. The molecule has 0 N–H and O–H groups in total. The number of aryl methyl sites for hydroxylation is 7. The first-order valence-electron chi connectivity index (χ1n) is 10.2. The molecule has 0 aliphatic rings. The summed E-state index contributed by atoms with van der Waals surface area (Å²) in [5.74, 6) is 1.01. The first-order chi connectivity index (χ1) is 13.7. The summed E-state index contributed by atoms with van der Waals surface area (Å²) < 4.78 is 4.54. The van der Waals surface area contributed by atoms with E-state index in [2.05, 4.69) is 101 Å². The second-order valence-corrected chi connectivity index (χ2v) is 8.50. The molecule has 4 rings (SSSR count). The number of hydrogen-bond acceptors (Lipinski definition) is 1. The summed E-state index contributed by atoms with van der Waals surface area (Å²) >= 11 is 0. The molecular formula is C26H30N3+. The summed E-state index contributed by atoms with van der Waals surface area (Å²) in [6.07, 6.45) is 0. The fourth-order valence-electron chi connectivity index (χ4n) is 4.56. The summed E-state index contributed by atoms with van der Waals surface area (Å²) in [5, 5.41) is 0. The monoisotopic (exact) mass is 384 g/mol. The number of rotatable bonds is 2. The van der Waals surface area contributed by atoms with E-state index < -0.39 is 0 Å². The second kappa shape index (κ2) is 6.84. The van der Waals surface area contributed by atoms with Gasteiger partial charge in [-0.1, -0.05) is 12.1 Å². The Bertz CT molecular complexity index is 1280. The van der Waals surface area contributed by atoms with Gasteiger partial charge < -0.3 is 4.57 Å². The normalized spacial score (nSPS) is 11.4. The van der Waals surface area contributed by atoms with Gasteiger partial charge in [0.15, 0.2) is 0 Å². The Morgan fingerprint density at radius 3 is 2.07 bits per heavy atom. The number of imidazole rings is 1. The molecule has 0 amide bonds. The topological polar surface area (TPSA) is 21.7 Å². The van der Waals surface area contributed by atoms with Crippen LogP contribution in [-0.4, -0.2) is 9.55 Å². The molecule has 2 aromatic carbocycles. The molecule has 3 nitrogen and oxygen atoms in total. The average Bonchev–Trinajstić information content (AvgIpc) is 2.94. The number of hydrogen-bond donors (Lipinski definition) is 0. The van der Waals surface area contributed by atoms with Gasteiger partial charge in [-0.2, -0.15) is 4.57 Å². The summed E-state index contributed by atoms with van der Waals surface area (Å²) in [6.45, 7) is 13.1. The van der Waals surface area contributed by atoms with Crippen molar-refractivity contribution in [1.29, 1.82) is 0 Å². The predicted molar refractivity (Wildman–Crippen MR) is 121 cm³/mol. The largest absolute Gasteiger partial charge is 0.322 e. The van der Waals surface area contributed by atoms with Gasteiger partial charge in [0.1, 0.15) is 7.05 Å². The SMILES string of the molecule is Cc1ccc2c(c1)nc(-c1c(C)cc(C)c(-c3cc(C)c(C)cc3C)[n+]1C)n2C. The van der Waals surface area contributed by atoms with Crippen molar-refractivity contribution in [2.24, 2.45) is 14.1 Å². The van der Waals surface area contributed by atoms with E-state index in [0.717, 1.165) is 16.9 Å². The highest BCUT2D eigenvalue weighted by Gasteiger charge is 2.27. The first kappa shape index (κ1) is 19.4. The van der Waals surface area contributed by atoms with Crippen molar-refractivity contribution in [3.8, 4) is 22.8 Å². The van der Waals surface area contributed by atoms with Gasteiger partial charge in [-0.15, -0.1) is 0 Å². The lowest BCUT2D eigenvalue weighted by atomic mass is 9.95. The van der Waals surface area contributed by atoms with Crippen molar-refractivity contribution in [3.63, 3.8) is 0 Å². The lowest BCUT2D eigenvalue weighted by Crippen LogP contribution is -2.36. The van der Waals surface area contributed by atoms with Gasteiger partial charge in [-0.25, -0.2) is 4.98 Å². The maximum Gasteiger partial charge on any atom is 0.251 e. The van der Waals surface area contributed by atoms with E-state index in [4.69, 9.17) is 4.98 Å². The lowest BCUT2D eigenvalue weighted by molar-refractivity contribution is -0.650. The zero-order valence-electron chi connectivity index (χ0n) is 18.8. The van der Waals surface area contributed by atoms with Crippen LogP contribution in [0.2, 0.25) is 0 Å². The zero-order chi connectivity index (χ0) is 21.0. The van der Waals surface area contributed by atoms with Gasteiger partial charge in [0.2, 0.25) is 11.5 Å². The summed E-state index contributed by atoms with van der Waals surface area (Å²) in [6, 6.07) is 13.4. The van der Waals surface area contributed by atoms with Crippen molar-refractivity contribution in [3.05, 3.63) is 69.8 Å². The van der Waals surface area contributed by atoms with E-state index in [1.807, 2.05) is 0 Å². The van der Waals surface area contributed by atoms with E-state index in [-0.39, 0.29) is 0 Å². The van der Waals surface area contributed by atoms with Gasteiger partial charge in [0.05, 0.1) is 11.0 Å². The fourth-order valence-corrected chi connectivity index (χ4v) is 4.56. The maximum absolute atomic E-state index is 5.03. The molecule has 0 fully saturated rings. The van der Waals surface area contributed by atoms with Crippen LogP contribution in [0.3, 0.4) is 0 Å². The third kappa shape index (κ3) is 3.05. The van der Waals surface area contributed by atoms with E-state index in [1.54, 1.807) is 0 Å². The highest BCUT2D eigenvalue weighted by molar-refractivity contribution is 5.81. The van der Waals surface area contributed by atoms with Crippen LogP contribution < -0.4 is 4.57 Å². The molecule has 148 valence electrons. The standard InChI is InChI=1S/C26H30N3/c1-15-9-10-23-22(11-15)27-26(28(23)7)25-20(6)13-19(5)24(29(25)8)21-14-17(3)16(2)12-18(21)4/h9-14H,1-8H3/q+1. The van der Waals surface area contributed by atoms with Crippen LogP contribution in [0.15, 0.2) is 36.4 Å². The Balaban J connectivity index is 2.04. The van der Waals surface area contributed by atoms with Crippen LogP contribution in [0.5, 0.6) is 0 Å². The van der Waals surface area contributed by atoms with Crippen LogP contribution in [0.4, 0.5) is 0 Å². The molecule has 0 aliphatic carbocycles. The van der Waals surface area contributed by atoms with Crippen molar-refractivity contribution in [2.75, 3.05) is 0 Å². The number of pyridine rings is 1. The fraction of sp³-hybridized carbons (Fsp3) is 0.308. The molecule has 29 heavy (non-hydrogen) atoms. The molecule has 0 atom stereocenters. The molecule has 0 bridgehead atoms. The number of aromatic nitrogens is 3. The van der Waals surface area contributed by atoms with Crippen molar-refractivity contribution in [1.82, 2.24) is 9.55 Å². The Hall–Kier alpha value is -2.94. The Labute approximate surface area is 173 Å². The second-order valence-electron chi connectivity index (χ2n) is 8.50. The van der Waals surface area contributed by atoms with Crippen LogP contribution >= 0.6 is 0 Å². The van der Waals surface area contributed by atoms with Crippen molar-refractivity contribution < 1.29 is 4.57 Å². The molecular weight excluding hydrogens is 354 g/mol. The van der Waals surface area contributed by atoms with Crippen LogP contribution in [0.25, 0.3) is 33.8 Å². The average molecular weight is 385 g/mol. The number of fused-ring (bicyclic) bond motifs is 1. The van der Waals surface area contributed by atoms with Gasteiger partial charge in [-0.3, -0.25) is 0 Å². The van der Waals surface area contributed by atoms with Crippen LogP contribution in [0.1, 0.15) is 33.4 Å². The zero-order valence-corrected chi connectivity index (χ0v) is 18.8. The molecule has 2 aromatic heterocycles. The molecule has 0 aliphatic heterocycles. The molecule has 4 aromatic rings. The van der Waals surface area contributed by atoms with Crippen molar-refractivity contribution in [2.45, 2.75) is 41.5 Å². The molecule has 0 saturated carbocycles. The molecule has 0 spiro atoms. The Kier molecular flexibility index (Phi) is 4.57. The quantitative estimate of drug-likeness (QED) is 0.413. The summed E-state index contributed by atoms with van der Waals surface area (Å²) in [5.41, 5.74) is 13.7. The third-order valence-electron chi connectivity index (χ3n) is 6.19. The minimum Gasteiger partial charge on any atom is -0.322 e. The van der Waals surface area contributed by atoms with E-state index in [0.29, 0.717) is 0 Å². The lowest BCUT2D eigenvalue weighted by Gasteiger charge is -2.14. The Morgan fingerprint density at radius 2 is 1.34 bits per heavy atom. The van der Waals surface area contributed by atoms with E-state index in [1.165, 1.54) is 50.3 Å². The van der Waals surface area contributed by atoms with Crippen LogP contribution in [-0.2, 0) is 14.1 Å². The molecule has 3 heteroatoms.